The summed E-state index contributed by atoms with van der Waals surface area (Å²) in [5.74, 6) is -3.68. The van der Waals surface area contributed by atoms with E-state index in [1.54, 1.807) is 19.0 Å². The van der Waals surface area contributed by atoms with Gasteiger partial charge >= 0.3 is 17.9 Å². The average molecular weight is 402 g/mol. The fourth-order valence-corrected chi connectivity index (χ4v) is 2.29. The number of aromatic hydroxyl groups is 2. The second-order valence-electron chi connectivity index (χ2n) is 6.35. The van der Waals surface area contributed by atoms with Gasteiger partial charge in [0.1, 0.15) is 0 Å². The van der Waals surface area contributed by atoms with E-state index < -0.39 is 29.7 Å². The van der Waals surface area contributed by atoms with E-state index in [9.17, 15) is 24.6 Å². The number of likely N-dealkylation sites (N-methyl/N-ethyl adjacent to an activating group) is 2. The lowest BCUT2D eigenvalue weighted by Crippen LogP contribution is -2.41. The molecule has 28 heavy (non-hydrogen) atoms. The minimum absolute atomic E-state index is 0.0882. The van der Waals surface area contributed by atoms with Crippen LogP contribution in [0.25, 0.3) is 0 Å². The molecular weight excluding hydrogens is 376 g/mol. The number of hydrogen-bond donors (Lipinski definition) is 4. The minimum Gasteiger partial charge on any atom is -0.492 e. The molecule has 0 saturated carbocycles. The highest BCUT2D eigenvalue weighted by molar-refractivity contribution is 5.72. The Balaban J connectivity index is 2.34. The van der Waals surface area contributed by atoms with Crippen LogP contribution >= 0.6 is 0 Å². The van der Waals surface area contributed by atoms with Crippen molar-refractivity contribution in [3.8, 4) is 11.8 Å². The lowest BCUT2D eigenvalue weighted by Gasteiger charge is -2.24. The van der Waals surface area contributed by atoms with E-state index in [2.05, 4.69) is 0 Å². The van der Waals surface area contributed by atoms with Gasteiger partial charge in [-0.1, -0.05) is 0 Å². The zero-order valence-electron chi connectivity index (χ0n) is 15.8. The van der Waals surface area contributed by atoms with Crippen LogP contribution < -0.4 is 4.84 Å². The molecule has 12 nitrogen and oxygen atoms in total. The van der Waals surface area contributed by atoms with Gasteiger partial charge in [0.05, 0.1) is 19.6 Å². The molecule has 0 spiro atoms. The van der Waals surface area contributed by atoms with Gasteiger partial charge in [-0.2, -0.15) is 0 Å². The molecular formula is C16H26N4O8. The standard InChI is InChI=1S/C16H26N4O8/c1-17(7-8-19(9-14(23)24)10-15(25)26)5-6-18(2)11-16(27)28-20-12(21)3-4-13(20)22/h3-4,21-22H,5-11H2,1-2H3,(H,23,24)(H,25,26). The summed E-state index contributed by atoms with van der Waals surface area (Å²) < 4.78 is 0.613. The Hall–Kier alpha value is -2.83. The van der Waals surface area contributed by atoms with Crippen LogP contribution in [0.2, 0.25) is 0 Å². The first-order chi connectivity index (χ1) is 13.1. The summed E-state index contributed by atoms with van der Waals surface area (Å²) in [7, 11) is 3.48. The molecule has 0 bridgehead atoms. The molecule has 0 unspecified atom stereocenters. The van der Waals surface area contributed by atoms with Gasteiger partial charge in [-0.25, -0.2) is 4.79 Å². The number of carbonyl (C=O) groups excluding carboxylic acids is 1. The van der Waals surface area contributed by atoms with E-state index in [1.807, 2.05) is 4.90 Å². The molecule has 0 fully saturated rings. The Kier molecular flexibility index (Phi) is 9.21. The minimum atomic E-state index is -1.10. The molecule has 0 aromatic carbocycles. The maximum atomic E-state index is 11.9. The first-order valence-corrected chi connectivity index (χ1v) is 8.42. The molecule has 1 aromatic rings. The monoisotopic (exact) mass is 402 g/mol. The van der Waals surface area contributed by atoms with Gasteiger partial charge < -0.3 is 30.2 Å². The Labute approximate surface area is 161 Å². The van der Waals surface area contributed by atoms with Crippen LogP contribution in [0, 0.1) is 0 Å². The number of nitrogens with zero attached hydrogens (tertiary/aromatic N) is 4. The Bertz CT molecular complexity index is 642. The SMILES string of the molecule is CN(CCN(C)CC(=O)On1c(O)ccc1O)CCN(CC(=O)O)CC(=O)O. The van der Waals surface area contributed by atoms with Gasteiger partial charge in [0.25, 0.3) is 0 Å². The smallest absolute Gasteiger partial charge is 0.347 e. The summed E-state index contributed by atoms with van der Waals surface area (Å²) in [6, 6.07) is 2.36. The van der Waals surface area contributed by atoms with Gasteiger partial charge in [-0.15, -0.1) is 4.73 Å². The van der Waals surface area contributed by atoms with E-state index in [-0.39, 0.29) is 26.2 Å². The molecule has 158 valence electrons. The van der Waals surface area contributed by atoms with Crippen molar-refractivity contribution in [2.24, 2.45) is 0 Å². The largest absolute Gasteiger partial charge is 0.492 e. The Morgan fingerprint density at radius 2 is 1.32 bits per heavy atom. The van der Waals surface area contributed by atoms with Crippen LogP contribution in [0.5, 0.6) is 11.8 Å². The zero-order chi connectivity index (χ0) is 21.3. The van der Waals surface area contributed by atoms with Crippen LogP contribution in [-0.2, 0) is 14.4 Å². The number of carboxylic acid groups (broad SMARTS) is 2. The number of carbonyl (C=O) groups is 3. The average Bonchev–Trinajstić information content (AvgIpc) is 2.88. The van der Waals surface area contributed by atoms with Gasteiger partial charge in [-0.05, 0) is 14.1 Å². The molecule has 0 atom stereocenters. The Morgan fingerprint density at radius 1 is 0.857 bits per heavy atom. The van der Waals surface area contributed by atoms with Gasteiger partial charge in [0, 0.05) is 38.3 Å². The van der Waals surface area contributed by atoms with Crippen LogP contribution in [0.15, 0.2) is 12.1 Å². The molecule has 0 aliphatic heterocycles. The van der Waals surface area contributed by atoms with Gasteiger partial charge in [-0.3, -0.25) is 19.4 Å². The van der Waals surface area contributed by atoms with Crippen LogP contribution in [0.4, 0.5) is 0 Å². The molecule has 12 heteroatoms. The topological polar surface area (TPSA) is 156 Å². The third-order valence-corrected chi connectivity index (χ3v) is 3.77. The van der Waals surface area contributed by atoms with Crippen molar-refractivity contribution >= 4 is 17.9 Å². The molecule has 1 rings (SSSR count). The van der Waals surface area contributed by atoms with Crippen molar-refractivity contribution in [3.63, 3.8) is 0 Å². The maximum Gasteiger partial charge on any atom is 0.347 e. The lowest BCUT2D eigenvalue weighted by molar-refractivity contribution is -0.146. The molecule has 0 aliphatic rings. The summed E-state index contributed by atoms with van der Waals surface area (Å²) in [4.78, 5) is 43.1. The highest BCUT2D eigenvalue weighted by atomic mass is 16.7. The van der Waals surface area contributed by atoms with E-state index in [1.165, 1.54) is 17.0 Å². The number of aromatic nitrogens is 1. The summed E-state index contributed by atoms with van der Waals surface area (Å²) in [5, 5.41) is 36.5. The second-order valence-corrected chi connectivity index (χ2v) is 6.35. The van der Waals surface area contributed by atoms with Crippen LogP contribution in [0.3, 0.4) is 0 Å². The van der Waals surface area contributed by atoms with Crippen molar-refractivity contribution in [2.45, 2.75) is 0 Å². The molecule has 0 radical (unpaired) electrons. The Morgan fingerprint density at radius 3 is 1.82 bits per heavy atom. The maximum absolute atomic E-state index is 11.9. The molecule has 0 amide bonds. The molecule has 0 saturated heterocycles. The molecule has 4 N–H and O–H groups in total. The highest BCUT2D eigenvalue weighted by Gasteiger charge is 2.16. The summed E-state index contributed by atoms with van der Waals surface area (Å²) in [6.07, 6.45) is 0. The van der Waals surface area contributed by atoms with Crippen molar-refractivity contribution < 1.29 is 39.6 Å². The number of aliphatic carboxylic acids is 2. The number of carboxylic acids is 2. The first-order valence-electron chi connectivity index (χ1n) is 8.42. The van der Waals surface area contributed by atoms with Crippen molar-refractivity contribution in [1.29, 1.82) is 0 Å². The third kappa shape index (κ3) is 8.70. The third-order valence-electron chi connectivity index (χ3n) is 3.77. The highest BCUT2D eigenvalue weighted by Crippen LogP contribution is 2.18. The van der Waals surface area contributed by atoms with E-state index >= 15 is 0 Å². The van der Waals surface area contributed by atoms with Crippen molar-refractivity contribution in [3.05, 3.63) is 12.1 Å². The second kappa shape index (κ2) is 11.1. The molecule has 1 heterocycles. The van der Waals surface area contributed by atoms with Crippen LogP contribution in [0.1, 0.15) is 0 Å². The summed E-state index contributed by atoms with van der Waals surface area (Å²) in [5.41, 5.74) is 0. The number of hydrogen-bond acceptors (Lipinski definition) is 9. The zero-order valence-corrected chi connectivity index (χ0v) is 15.8. The molecule has 1 aromatic heterocycles. The van der Waals surface area contributed by atoms with E-state index in [4.69, 9.17) is 15.1 Å². The fraction of sp³-hybridized carbons (Fsp3) is 0.562. The molecule has 0 aliphatic carbocycles. The predicted molar refractivity (Wildman–Crippen MR) is 96.1 cm³/mol. The summed E-state index contributed by atoms with van der Waals surface area (Å²) in [6.45, 7) is 0.937. The lowest BCUT2D eigenvalue weighted by atomic mass is 10.4. The van der Waals surface area contributed by atoms with Crippen molar-refractivity contribution in [1.82, 2.24) is 19.4 Å². The quantitative estimate of drug-likeness (QED) is 0.295. The van der Waals surface area contributed by atoms with Crippen molar-refractivity contribution in [2.75, 3.05) is 59.9 Å². The number of rotatable bonds is 13. The fourth-order valence-electron chi connectivity index (χ4n) is 2.29. The van der Waals surface area contributed by atoms with Crippen LogP contribution in [-0.4, -0.2) is 118 Å². The summed E-state index contributed by atoms with van der Waals surface area (Å²) >= 11 is 0. The van der Waals surface area contributed by atoms with Gasteiger partial charge in [0.2, 0.25) is 11.8 Å². The normalized spacial score (nSPS) is 11.3. The predicted octanol–water partition coefficient (Wildman–Crippen LogP) is -1.81. The van der Waals surface area contributed by atoms with E-state index in [0.717, 1.165) is 0 Å². The van der Waals surface area contributed by atoms with Gasteiger partial charge in [0.15, 0.2) is 0 Å². The first kappa shape index (κ1) is 23.2. The van der Waals surface area contributed by atoms with E-state index in [0.29, 0.717) is 24.4 Å².